The van der Waals surface area contributed by atoms with E-state index in [-0.39, 0.29) is 30.9 Å². The van der Waals surface area contributed by atoms with Gasteiger partial charge >= 0.3 is 11.9 Å². The standard InChI is InChI=1S/C16H15ClF3N3O7S/c1-15(17)13(16(18,19)20)21-22-14(15)30-9-5-6-10(23(25)26)11(8-9)29-7-3-4-12(24)31(2,27)28/h5-6,8H,3-4,7H2,1-2H3. The highest BCUT2D eigenvalue weighted by atomic mass is 35.5. The molecule has 1 unspecified atom stereocenters. The lowest BCUT2D eigenvalue weighted by Gasteiger charge is -2.21. The lowest BCUT2D eigenvalue weighted by Crippen LogP contribution is -2.45. The van der Waals surface area contributed by atoms with E-state index in [1.54, 1.807) is 0 Å². The molecule has 10 nitrogen and oxygen atoms in total. The highest BCUT2D eigenvalue weighted by Gasteiger charge is 2.54. The Kier molecular flexibility index (Phi) is 6.95. The summed E-state index contributed by atoms with van der Waals surface area (Å²) in [6.45, 7) is 0.732. The number of rotatable bonds is 7. The molecule has 0 amide bonds. The van der Waals surface area contributed by atoms with E-state index in [1.165, 1.54) is 0 Å². The van der Waals surface area contributed by atoms with Crippen LogP contribution in [0.4, 0.5) is 18.9 Å². The van der Waals surface area contributed by atoms with Crippen LogP contribution >= 0.6 is 11.6 Å². The van der Waals surface area contributed by atoms with Crippen LogP contribution in [-0.2, 0) is 14.6 Å². The van der Waals surface area contributed by atoms with Crippen molar-refractivity contribution in [1.29, 1.82) is 0 Å². The number of nitrogens with zero attached hydrogens (tertiary/aromatic N) is 3. The van der Waals surface area contributed by atoms with Gasteiger partial charge < -0.3 is 9.47 Å². The molecule has 0 saturated carbocycles. The molecule has 0 aromatic heterocycles. The van der Waals surface area contributed by atoms with Gasteiger partial charge in [-0.3, -0.25) is 14.9 Å². The van der Waals surface area contributed by atoms with Crippen LogP contribution in [0.25, 0.3) is 0 Å². The Morgan fingerprint density at radius 3 is 2.48 bits per heavy atom. The Morgan fingerprint density at radius 2 is 1.97 bits per heavy atom. The van der Waals surface area contributed by atoms with Crippen LogP contribution in [-0.4, -0.2) is 54.0 Å². The molecule has 31 heavy (non-hydrogen) atoms. The first-order valence-corrected chi connectivity index (χ1v) is 10.7. The van der Waals surface area contributed by atoms with E-state index >= 15 is 0 Å². The molecule has 2 rings (SSSR count). The first-order chi connectivity index (χ1) is 14.1. The lowest BCUT2D eigenvalue weighted by atomic mass is 10.1. The van der Waals surface area contributed by atoms with Gasteiger partial charge in [0.15, 0.2) is 10.6 Å². The third-order valence-electron chi connectivity index (χ3n) is 3.89. The summed E-state index contributed by atoms with van der Waals surface area (Å²) < 4.78 is 71.6. The maximum Gasteiger partial charge on any atom is 0.433 e. The summed E-state index contributed by atoms with van der Waals surface area (Å²) in [5.74, 6) is -1.08. The SMILES string of the molecule is CC1(Cl)C(Oc2ccc([N+](=O)[O-])c(OCCCC(=O)S(C)(=O)=O)c2)=NN=C1C(F)(F)F. The van der Waals surface area contributed by atoms with Gasteiger partial charge in [-0.2, -0.15) is 13.2 Å². The van der Waals surface area contributed by atoms with Crippen LogP contribution in [0, 0.1) is 10.1 Å². The number of sulfone groups is 1. The third kappa shape index (κ3) is 5.91. The van der Waals surface area contributed by atoms with Gasteiger partial charge in [-0.1, -0.05) is 0 Å². The number of hydrogen-bond donors (Lipinski definition) is 0. The van der Waals surface area contributed by atoms with Crippen molar-refractivity contribution in [2.24, 2.45) is 10.2 Å². The van der Waals surface area contributed by atoms with Gasteiger partial charge in [0, 0.05) is 24.8 Å². The number of alkyl halides is 4. The molecule has 15 heteroatoms. The van der Waals surface area contributed by atoms with Crippen molar-refractivity contribution in [2.45, 2.75) is 30.8 Å². The van der Waals surface area contributed by atoms with Crippen LogP contribution in [0.3, 0.4) is 0 Å². The van der Waals surface area contributed by atoms with Crippen molar-refractivity contribution >= 4 is 43.9 Å². The molecule has 1 aliphatic heterocycles. The van der Waals surface area contributed by atoms with Crippen molar-refractivity contribution in [2.75, 3.05) is 12.9 Å². The second-order valence-corrected chi connectivity index (χ2v) is 9.19. The Hall–Kier alpha value is -2.74. The zero-order valence-corrected chi connectivity index (χ0v) is 17.5. The molecular weight excluding hydrogens is 471 g/mol. The van der Waals surface area contributed by atoms with E-state index in [0.717, 1.165) is 31.4 Å². The Morgan fingerprint density at radius 1 is 1.32 bits per heavy atom. The maximum atomic E-state index is 13.0. The molecule has 0 fully saturated rings. The van der Waals surface area contributed by atoms with Gasteiger partial charge in [-0.25, -0.2) is 8.42 Å². The molecule has 0 radical (unpaired) electrons. The molecular formula is C16H15ClF3N3O7S. The van der Waals surface area contributed by atoms with Crippen molar-refractivity contribution < 1.29 is 40.8 Å². The molecule has 1 heterocycles. The van der Waals surface area contributed by atoms with Crippen molar-refractivity contribution in [3.8, 4) is 11.5 Å². The molecule has 0 aliphatic carbocycles. The van der Waals surface area contributed by atoms with Gasteiger partial charge in [0.05, 0.1) is 11.5 Å². The Labute approximate surface area is 178 Å². The minimum Gasteiger partial charge on any atom is -0.487 e. The van der Waals surface area contributed by atoms with Crippen LogP contribution in [0.15, 0.2) is 28.4 Å². The monoisotopic (exact) mass is 485 g/mol. The summed E-state index contributed by atoms with van der Waals surface area (Å²) in [6, 6.07) is 3.11. The second-order valence-electron chi connectivity index (χ2n) is 6.44. The average Bonchev–Trinajstić information content (AvgIpc) is 2.92. The van der Waals surface area contributed by atoms with E-state index in [2.05, 4.69) is 10.2 Å². The predicted octanol–water partition coefficient (Wildman–Crippen LogP) is 3.03. The van der Waals surface area contributed by atoms with Crippen LogP contribution in [0.5, 0.6) is 11.5 Å². The molecule has 1 aromatic carbocycles. The van der Waals surface area contributed by atoms with E-state index in [4.69, 9.17) is 21.1 Å². The molecule has 1 aromatic rings. The first kappa shape index (κ1) is 24.5. The minimum atomic E-state index is -4.85. The molecule has 0 spiro atoms. The number of nitro benzene ring substituents is 1. The fourth-order valence-corrected chi connectivity index (χ4v) is 3.08. The van der Waals surface area contributed by atoms with Crippen LogP contribution in [0.1, 0.15) is 19.8 Å². The third-order valence-corrected chi connectivity index (χ3v) is 5.27. The minimum absolute atomic E-state index is 0.0522. The average molecular weight is 486 g/mol. The molecule has 170 valence electrons. The van der Waals surface area contributed by atoms with Gasteiger partial charge in [-0.15, -0.1) is 21.8 Å². The maximum absolute atomic E-state index is 13.0. The van der Waals surface area contributed by atoms with Gasteiger partial charge in [0.25, 0.3) is 0 Å². The summed E-state index contributed by atoms with van der Waals surface area (Å²) in [7, 11) is -3.86. The number of carbonyl (C=O) groups excluding carboxylic acids is 1. The number of benzene rings is 1. The van der Waals surface area contributed by atoms with Crippen molar-refractivity contribution in [3.05, 3.63) is 28.3 Å². The van der Waals surface area contributed by atoms with Crippen LogP contribution in [0.2, 0.25) is 0 Å². The Bertz CT molecular complexity index is 1070. The molecule has 1 atom stereocenters. The van der Waals surface area contributed by atoms with E-state index in [1.807, 2.05) is 0 Å². The van der Waals surface area contributed by atoms with Crippen molar-refractivity contribution in [3.63, 3.8) is 0 Å². The van der Waals surface area contributed by atoms with Gasteiger partial charge in [0.1, 0.15) is 5.75 Å². The smallest absolute Gasteiger partial charge is 0.433 e. The topological polar surface area (TPSA) is 138 Å². The summed E-state index contributed by atoms with van der Waals surface area (Å²) in [6.07, 6.45) is -4.50. The molecule has 0 N–H and O–H groups in total. The highest BCUT2D eigenvalue weighted by molar-refractivity contribution is 8.05. The number of hydrogen-bond acceptors (Lipinski definition) is 9. The Balaban J connectivity index is 2.14. The first-order valence-electron chi connectivity index (χ1n) is 8.38. The summed E-state index contributed by atoms with van der Waals surface area (Å²) in [5, 5.41) is 16.5. The second kappa shape index (κ2) is 8.78. The molecule has 1 aliphatic rings. The van der Waals surface area contributed by atoms with Gasteiger partial charge in [0.2, 0.25) is 26.6 Å². The van der Waals surface area contributed by atoms with Crippen molar-refractivity contribution in [1.82, 2.24) is 0 Å². The summed E-state index contributed by atoms with van der Waals surface area (Å²) in [5.41, 5.74) is -1.87. The van der Waals surface area contributed by atoms with Gasteiger partial charge in [-0.05, 0) is 19.4 Å². The largest absolute Gasteiger partial charge is 0.487 e. The summed E-state index contributed by atoms with van der Waals surface area (Å²) >= 11 is 5.90. The number of halogens is 4. The zero-order chi connectivity index (χ0) is 23.6. The quantitative estimate of drug-likeness (QED) is 0.250. The number of nitro groups is 1. The number of carbonyl (C=O) groups is 1. The van der Waals surface area contributed by atoms with E-state index in [0.29, 0.717) is 0 Å². The van der Waals surface area contributed by atoms with E-state index in [9.17, 15) is 36.5 Å². The predicted molar refractivity (Wildman–Crippen MR) is 103 cm³/mol. The highest BCUT2D eigenvalue weighted by Crippen LogP contribution is 2.37. The molecule has 0 saturated heterocycles. The fraction of sp³-hybridized carbons (Fsp3) is 0.438. The fourth-order valence-electron chi connectivity index (χ4n) is 2.34. The van der Waals surface area contributed by atoms with Crippen LogP contribution < -0.4 is 9.47 Å². The lowest BCUT2D eigenvalue weighted by molar-refractivity contribution is -0.385. The summed E-state index contributed by atoms with van der Waals surface area (Å²) in [4.78, 5) is 19.5. The van der Waals surface area contributed by atoms with E-state index < -0.39 is 48.2 Å². The molecule has 0 bridgehead atoms. The number of ether oxygens (including phenoxy) is 2. The normalized spacial score (nSPS) is 18.9. The zero-order valence-electron chi connectivity index (χ0n) is 16.0.